The van der Waals surface area contributed by atoms with Crippen molar-refractivity contribution in [3.8, 4) is 5.75 Å². The average molecular weight is 505 g/mol. The SMILES string of the molecule is COc1ccc(S(=O)(=O)c2c(Br)c(N)c(C)c(Cc3ccccc3)c2C(=O)NO)cc1. The first-order valence-electron chi connectivity index (χ1n) is 9.20. The molecular formula is C22H21BrN2O5S. The molecule has 9 heteroatoms. The monoisotopic (exact) mass is 504 g/mol. The molecule has 0 bridgehead atoms. The number of carbonyl (C=O) groups excluding carboxylic acids is 1. The molecule has 0 radical (unpaired) electrons. The Bertz CT molecular complexity index is 1230. The number of hydrogen-bond acceptors (Lipinski definition) is 6. The van der Waals surface area contributed by atoms with Gasteiger partial charge in [0, 0.05) is 0 Å². The Morgan fingerprint density at radius 1 is 1.13 bits per heavy atom. The zero-order valence-corrected chi connectivity index (χ0v) is 19.2. The minimum atomic E-state index is -4.19. The van der Waals surface area contributed by atoms with Crippen LogP contribution in [0.4, 0.5) is 5.69 Å². The number of rotatable bonds is 6. The van der Waals surface area contributed by atoms with Gasteiger partial charge < -0.3 is 10.5 Å². The molecule has 4 N–H and O–H groups in total. The van der Waals surface area contributed by atoms with E-state index in [2.05, 4.69) is 15.9 Å². The van der Waals surface area contributed by atoms with Gasteiger partial charge in [0.25, 0.3) is 5.91 Å². The lowest BCUT2D eigenvalue weighted by Crippen LogP contribution is -2.25. The molecule has 3 aromatic rings. The molecule has 0 aliphatic carbocycles. The first kappa shape index (κ1) is 22.8. The summed E-state index contributed by atoms with van der Waals surface area (Å²) < 4.78 is 32.3. The Labute approximate surface area is 188 Å². The standard InChI is InChI=1S/C22H21BrN2O5S/c1-13-17(12-14-6-4-3-5-7-14)18(22(26)25-27)21(19(23)20(13)24)31(28,29)16-10-8-15(30-2)9-11-16/h3-11,27H,12,24H2,1-2H3,(H,25,26). The number of benzene rings is 3. The summed E-state index contributed by atoms with van der Waals surface area (Å²) in [7, 11) is -2.72. The van der Waals surface area contributed by atoms with Crippen molar-refractivity contribution in [2.24, 2.45) is 0 Å². The third kappa shape index (κ3) is 4.30. The first-order chi connectivity index (χ1) is 14.7. The number of nitrogens with one attached hydrogen (secondary N) is 1. The summed E-state index contributed by atoms with van der Waals surface area (Å²) in [4.78, 5) is 12.4. The number of nitrogen functional groups attached to an aromatic ring is 1. The van der Waals surface area contributed by atoms with E-state index in [9.17, 15) is 18.4 Å². The molecule has 3 aromatic carbocycles. The van der Waals surface area contributed by atoms with E-state index in [1.165, 1.54) is 31.4 Å². The number of hydrogen-bond donors (Lipinski definition) is 3. The first-order valence-corrected chi connectivity index (χ1v) is 11.5. The van der Waals surface area contributed by atoms with Gasteiger partial charge in [-0.2, -0.15) is 0 Å². The van der Waals surface area contributed by atoms with Crippen LogP contribution >= 0.6 is 15.9 Å². The zero-order chi connectivity index (χ0) is 22.8. The molecule has 0 aromatic heterocycles. The van der Waals surface area contributed by atoms with Crippen molar-refractivity contribution in [2.75, 3.05) is 12.8 Å². The summed E-state index contributed by atoms with van der Waals surface area (Å²) in [5.74, 6) is -0.457. The van der Waals surface area contributed by atoms with E-state index in [0.717, 1.165) is 5.56 Å². The van der Waals surface area contributed by atoms with Crippen LogP contribution < -0.4 is 16.0 Å². The lowest BCUT2D eigenvalue weighted by molar-refractivity contribution is 0.0701. The van der Waals surface area contributed by atoms with Gasteiger partial charge in [0.15, 0.2) is 0 Å². The normalized spacial score (nSPS) is 11.2. The smallest absolute Gasteiger partial charge is 0.276 e. The van der Waals surface area contributed by atoms with Gasteiger partial charge in [-0.3, -0.25) is 10.0 Å². The van der Waals surface area contributed by atoms with Crippen LogP contribution in [-0.4, -0.2) is 26.6 Å². The van der Waals surface area contributed by atoms with Gasteiger partial charge >= 0.3 is 0 Å². The minimum absolute atomic E-state index is 0.0464. The van der Waals surface area contributed by atoms with Crippen LogP contribution in [-0.2, 0) is 16.3 Å². The maximum absolute atomic E-state index is 13.6. The van der Waals surface area contributed by atoms with E-state index < -0.39 is 15.7 Å². The topological polar surface area (TPSA) is 119 Å². The molecule has 1 amide bonds. The highest BCUT2D eigenvalue weighted by molar-refractivity contribution is 9.10. The molecule has 3 rings (SSSR count). The second-order valence-electron chi connectivity index (χ2n) is 6.82. The fourth-order valence-electron chi connectivity index (χ4n) is 3.33. The van der Waals surface area contributed by atoms with E-state index in [-0.39, 0.29) is 31.9 Å². The molecule has 0 heterocycles. The van der Waals surface area contributed by atoms with Crippen molar-refractivity contribution >= 4 is 37.4 Å². The number of methoxy groups -OCH3 is 1. The van der Waals surface area contributed by atoms with Crippen molar-refractivity contribution in [3.63, 3.8) is 0 Å². The second-order valence-corrected chi connectivity index (χ2v) is 9.50. The molecule has 7 nitrogen and oxygen atoms in total. The summed E-state index contributed by atoms with van der Waals surface area (Å²) in [6, 6.07) is 15.0. The Morgan fingerprint density at radius 3 is 2.29 bits per heavy atom. The maximum Gasteiger partial charge on any atom is 0.276 e. The summed E-state index contributed by atoms with van der Waals surface area (Å²) >= 11 is 3.27. The van der Waals surface area contributed by atoms with Gasteiger partial charge in [0.05, 0.1) is 27.7 Å². The highest BCUT2D eigenvalue weighted by Crippen LogP contribution is 2.40. The fourth-order valence-corrected chi connectivity index (χ4v) is 6.02. The van der Waals surface area contributed by atoms with Crippen molar-refractivity contribution in [1.29, 1.82) is 0 Å². The molecule has 162 valence electrons. The highest BCUT2D eigenvalue weighted by atomic mass is 79.9. The number of carbonyl (C=O) groups is 1. The van der Waals surface area contributed by atoms with E-state index in [0.29, 0.717) is 16.9 Å². The number of nitrogens with two attached hydrogens (primary N) is 1. The summed E-state index contributed by atoms with van der Waals surface area (Å²) in [5, 5.41) is 9.40. The minimum Gasteiger partial charge on any atom is -0.497 e. The Kier molecular flexibility index (Phi) is 6.68. The number of ether oxygens (including phenoxy) is 1. The fraction of sp³-hybridized carbons (Fsp3) is 0.136. The molecule has 0 fully saturated rings. The average Bonchev–Trinajstić information content (AvgIpc) is 2.79. The maximum atomic E-state index is 13.6. The third-order valence-electron chi connectivity index (χ3n) is 5.01. The van der Waals surface area contributed by atoms with Crippen LogP contribution in [0.3, 0.4) is 0 Å². The van der Waals surface area contributed by atoms with Gasteiger partial charge in [-0.1, -0.05) is 30.3 Å². The van der Waals surface area contributed by atoms with Crippen molar-refractivity contribution in [2.45, 2.75) is 23.1 Å². The van der Waals surface area contributed by atoms with E-state index >= 15 is 0 Å². The highest BCUT2D eigenvalue weighted by Gasteiger charge is 2.33. The molecule has 0 unspecified atom stereocenters. The lowest BCUT2D eigenvalue weighted by Gasteiger charge is -2.21. The van der Waals surface area contributed by atoms with Crippen molar-refractivity contribution in [1.82, 2.24) is 5.48 Å². The quantitative estimate of drug-likeness (QED) is 0.266. The van der Waals surface area contributed by atoms with Gasteiger partial charge in [-0.25, -0.2) is 13.9 Å². The summed E-state index contributed by atoms with van der Waals surface area (Å²) in [5.41, 5.74) is 9.66. The molecular weight excluding hydrogens is 484 g/mol. The van der Waals surface area contributed by atoms with Gasteiger partial charge in [0.2, 0.25) is 9.84 Å². The van der Waals surface area contributed by atoms with E-state index in [4.69, 9.17) is 10.5 Å². The number of sulfone groups is 1. The predicted octanol–water partition coefficient (Wildman–Crippen LogP) is 3.89. The van der Waals surface area contributed by atoms with Gasteiger partial charge in [0.1, 0.15) is 10.6 Å². The zero-order valence-electron chi connectivity index (χ0n) is 16.8. The second kappa shape index (κ2) is 9.09. The van der Waals surface area contributed by atoms with Gasteiger partial charge in [-0.05, 0) is 70.2 Å². The number of amides is 1. The molecule has 31 heavy (non-hydrogen) atoms. The molecule has 0 saturated carbocycles. The van der Waals surface area contributed by atoms with Crippen LogP contribution in [0.25, 0.3) is 0 Å². The Hall–Kier alpha value is -2.88. The predicted molar refractivity (Wildman–Crippen MR) is 120 cm³/mol. The number of anilines is 1. The third-order valence-corrected chi connectivity index (χ3v) is 7.94. The number of hydroxylamine groups is 1. The van der Waals surface area contributed by atoms with Crippen LogP contribution in [0, 0.1) is 6.92 Å². The largest absolute Gasteiger partial charge is 0.497 e. The molecule has 0 atom stereocenters. The molecule has 0 spiro atoms. The van der Waals surface area contributed by atoms with Crippen molar-refractivity contribution in [3.05, 3.63) is 81.3 Å². The van der Waals surface area contributed by atoms with Crippen molar-refractivity contribution < 1.29 is 23.2 Å². The molecule has 0 saturated heterocycles. The van der Waals surface area contributed by atoms with Crippen LogP contribution in [0.15, 0.2) is 68.9 Å². The number of halogens is 1. The summed E-state index contributed by atoms with van der Waals surface area (Å²) in [6.07, 6.45) is 0.248. The van der Waals surface area contributed by atoms with E-state index in [1.807, 2.05) is 30.3 Å². The Morgan fingerprint density at radius 2 is 1.74 bits per heavy atom. The van der Waals surface area contributed by atoms with E-state index in [1.54, 1.807) is 12.4 Å². The molecule has 0 aliphatic rings. The van der Waals surface area contributed by atoms with Gasteiger partial charge in [-0.15, -0.1) is 0 Å². The van der Waals surface area contributed by atoms with Crippen LogP contribution in [0.1, 0.15) is 27.0 Å². The Balaban J connectivity index is 2.34. The lowest BCUT2D eigenvalue weighted by atomic mass is 9.93. The van der Waals surface area contributed by atoms with Crippen LogP contribution in [0.5, 0.6) is 5.75 Å². The summed E-state index contributed by atoms with van der Waals surface area (Å²) in [6.45, 7) is 1.70. The van der Waals surface area contributed by atoms with Crippen LogP contribution in [0.2, 0.25) is 0 Å². The molecule has 0 aliphatic heterocycles.